The van der Waals surface area contributed by atoms with Crippen molar-refractivity contribution in [3.63, 3.8) is 0 Å². The van der Waals surface area contributed by atoms with E-state index in [-0.39, 0.29) is 35.1 Å². The van der Waals surface area contributed by atoms with Gasteiger partial charge in [-0.15, -0.1) is 0 Å². The van der Waals surface area contributed by atoms with Crippen LogP contribution in [0.25, 0.3) is 0 Å². The highest BCUT2D eigenvalue weighted by Crippen LogP contribution is 2.31. The summed E-state index contributed by atoms with van der Waals surface area (Å²) in [6.45, 7) is 9.26. The van der Waals surface area contributed by atoms with Crippen molar-refractivity contribution in [3.8, 4) is 11.5 Å². The second-order valence-corrected chi connectivity index (χ2v) is 9.73. The molecule has 0 radical (unpaired) electrons. The maximum Gasteiger partial charge on any atom is 0.247 e. The van der Waals surface area contributed by atoms with Crippen molar-refractivity contribution in [2.24, 2.45) is 5.41 Å². The van der Waals surface area contributed by atoms with Gasteiger partial charge in [0.25, 0.3) is 0 Å². The molecule has 1 aromatic carbocycles. The van der Waals surface area contributed by atoms with E-state index < -0.39 is 10.0 Å². The molecule has 0 atom stereocenters. The number of hydrogen-bond acceptors (Lipinski definition) is 5. The molecule has 0 bridgehead atoms. The van der Waals surface area contributed by atoms with E-state index in [0.29, 0.717) is 18.8 Å². The molecule has 1 saturated heterocycles. The third kappa shape index (κ3) is 4.86. The number of sulfonamides is 1. The first-order chi connectivity index (χ1) is 13.0. The van der Waals surface area contributed by atoms with E-state index in [0.717, 1.165) is 5.57 Å². The predicted molar refractivity (Wildman–Crippen MR) is 108 cm³/mol. The van der Waals surface area contributed by atoms with Crippen molar-refractivity contribution in [2.45, 2.75) is 32.6 Å². The van der Waals surface area contributed by atoms with Gasteiger partial charge in [0, 0.05) is 38.3 Å². The van der Waals surface area contributed by atoms with Gasteiger partial charge in [-0.25, -0.2) is 8.42 Å². The summed E-state index contributed by atoms with van der Waals surface area (Å²) in [4.78, 5) is 14.3. The monoisotopic (exact) mass is 410 g/mol. The zero-order valence-electron chi connectivity index (χ0n) is 17.5. The lowest BCUT2D eigenvalue weighted by atomic mass is 9.87. The molecule has 0 aromatic heterocycles. The third-order valence-electron chi connectivity index (χ3n) is 5.06. The van der Waals surface area contributed by atoms with E-state index in [9.17, 15) is 13.2 Å². The van der Waals surface area contributed by atoms with E-state index in [1.807, 2.05) is 6.92 Å². The SMILES string of the molecule is COc1ccc(OC)c(S(=O)(=O)N2CCN(C(=O)/C=C(\C)C(C)(C)C)CC2)c1. The van der Waals surface area contributed by atoms with E-state index in [4.69, 9.17) is 9.47 Å². The summed E-state index contributed by atoms with van der Waals surface area (Å²) < 4.78 is 38.0. The largest absolute Gasteiger partial charge is 0.497 e. The minimum Gasteiger partial charge on any atom is -0.497 e. The second kappa shape index (κ2) is 8.53. The van der Waals surface area contributed by atoms with Crippen molar-refractivity contribution in [2.75, 3.05) is 40.4 Å². The van der Waals surface area contributed by atoms with Gasteiger partial charge in [-0.3, -0.25) is 4.79 Å². The number of nitrogens with zero attached hydrogens (tertiary/aromatic N) is 2. The van der Waals surface area contributed by atoms with Crippen LogP contribution in [-0.2, 0) is 14.8 Å². The Kier molecular flexibility index (Phi) is 6.77. The smallest absolute Gasteiger partial charge is 0.247 e. The molecule has 0 aliphatic carbocycles. The Morgan fingerprint density at radius 1 is 1.07 bits per heavy atom. The van der Waals surface area contributed by atoms with Crippen LogP contribution in [0, 0.1) is 5.41 Å². The van der Waals surface area contributed by atoms with Gasteiger partial charge >= 0.3 is 0 Å². The fraction of sp³-hybridized carbons (Fsp3) is 0.550. The lowest BCUT2D eigenvalue weighted by Gasteiger charge is -2.34. The normalized spacial score (nSPS) is 16.8. The highest BCUT2D eigenvalue weighted by atomic mass is 32.2. The Labute approximate surface area is 168 Å². The van der Waals surface area contributed by atoms with Crippen LogP contribution < -0.4 is 9.47 Å². The highest BCUT2D eigenvalue weighted by Gasteiger charge is 2.32. The number of amides is 1. The van der Waals surface area contributed by atoms with Gasteiger partial charge in [-0.1, -0.05) is 26.3 Å². The van der Waals surface area contributed by atoms with E-state index in [1.165, 1.54) is 24.6 Å². The Bertz CT molecular complexity index is 848. The number of rotatable bonds is 5. The first kappa shape index (κ1) is 22.2. The maximum absolute atomic E-state index is 13.1. The van der Waals surface area contributed by atoms with Crippen LogP contribution in [-0.4, -0.2) is 63.9 Å². The molecule has 28 heavy (non-hydrogen) atoms. The molecule has 0 N–H and O–H groups in total. The van der Waals surface area contributed by atoms with Gasteiger partial charge in [0.2, 0.25) is 15.9 Å². The minimum atomic E-state index is -3.76. The van der Waals surface area contributed by atoms with Crippen LogP contribution in [0.4, 0.5) is 0 Å². The maximum atomic E-state index is 13.1. The van der Waals surface area contributed by atoms with Crippen molar-refractivity contribution < 1.29 is 22.7 Å². The molecule has 7 nitrogen and oxygen atoms in total. The molecule has 1 fully saturated rings. The highest BCUT2D eigenvalue weighted by molar-refractivity contribution is 7.89. The Balaban J connectivity index is 2.16. The summed E-state index contributed by atoms with van der Waals surface area (Å²) in [5, 5.41) is 0. The number of carbonyl (C=O) groups excluding carboxylic acids is 1. The van der Waals surface area contributed by atoms with Gasteiger partial charge in [-0.05, 0) is 24.5 Å². The fourth-order valence-corrected chi connectivity index (χ4v) is 4.36. The topological polar surface area (TPSA) is 76.2 Å². The Hall–Kier alpha value is -2.06. The van der Waals surface area contributed by atoms with Crippen LogP contribution in [0.2, 0.25) is 0 Å². The summed E-state index contributed by atoms with van der Waals surface area (Å²) in [7, 11) is -0.844. The van der Waals surface area contributed by atoms with Gasteiger partial charge in [0.15, 0.2) is 0 Å². The molecule has 1 heterocycles. The van der Waals surface area contributed by atoms with E-state index >= 15 is 0 Å². The van der Waals surface area contributed by atoms with Gasteiger partial charge in [0.1, 0.15) is 16.4 Å². The Morgan fingerprint density at radius 2 is 1.68 bits per heavy atom. The second-order valence-electron chi connectivity index (χ2n) is 7.82. The average Bonchev–Trinajstić information content (AvgIpc) is 2.66. The minimum absolute atomic E-state index is 0.0672. The van der Waals surface area contributed by atoms with Crippen molar-refractivity contribution in [1.82, 2.24) is 9.21 Å². The molecule has 8 heteroatoms. The first-order valence-electron chi connectivity index (χ1n) is 9.20. The number of allylic oxidation sites excluding steroid dienone is 1. The predicted octanol–water partition coefficient (Wildman–Crippen LogP) is 2.53. The van der Waals surface area contributed by atoms with Crippen LogP contribution in [0.5, 0.6) is 11.5 Å². The van der Waals surface area contributed by atoms with Crippen LogP contribution >= 0.6 is 0 Å². The number of hydrogen-bond donors (Lipinski definition) is 0. The van der Waals surface area contributed by atoms with Gasteiger partial charge in [0.05, 0.1) is 14.2 Å². The lowest BCUT2D eigenvalue weighted by molar-refractivity contribution is -0.127. The van der Waals surface area contributed by atoms with Crippen molar-refractivity contribution in [1.29, 1.82) is 0 Å². The first-order valence-corrected chi connectivity index (χ1v) is 10.6. The van der Waals surface area contributed by atoms with Gasteiger partial charge in [-0.2, -0.15) is 4.31 Å². The molecule has 2 rings (SSSR count). The molecule has 1 amide bonds. The summed E-state index contributed by atoms with van der Waals surface area (Å²) in [6.07, 6.45) is 1.65. The Morgan fingerprint density at radius 3 is 2.18 bits per heavy atom. The van der Waals surface area contributed by atoms with Crippen molar-refractivity contribution >= 4 is 15.9 Å². The number of piperazine rings is 1. The fourth-order valence-electron chi connectivity index (χ4n) is 2.77. The zero-order chi connectivity index (χ0) is 21.1. The zero-order valence-corrected chi connectivity index (χ0v) is 18.3. The summed E-state index contributed by atoms with van der Waals surface area (Å²) in [5.41, 5.74) is 0.915. The van der Waals surface area contributed by atoms with E-state index in [2.05, 4.69) is 20.8 Å². The summed E-state index contributed by atoms with van der Waals surface area (Å²) >= 11 is 0. The molecule has 0 unspecified atom stereocenters. The quantitative estimate of drug-likeness (QED) is 0.697. The van der Waals surface area contributed by atoms with E-state index in [1.54, 1.807) is 23.1 Å². The van der Waals surface area contributed by atoms with Gasteiger partial charge < -0.3 is 14.4 Å². The molecular weight excluding hydrogens is 380 g/mol. The van der Waals surface area contributed by atoms with Crippen LogP contribution in [0.15, 0.2) is 34.7 Å². The molecule has 1 aromatic rings. The van der Waals surface area contributed by atoms with Crippen molar-refractivity contribution in [3.05, 3.63) is 29.8 Å². The number of carbonyl (C=O) groups is 1. The number of benzene rings is 1. The average molecular weight is 411 g/mol. The number of methoxy groups -OCH3 is 2. The molecule has 156 valence electrons. The molecule has 1 aliphatic rings. The third-order valence-corrected chi connectivity index (χ3v) is 6.98. The van der Waals surface area contributed by atoms with Crippen LogP contribution in [0.3, 0.4) is 0 Å². The standard InChI is InChI=1S/C20H30N2O5S/c1-15(20(2,3)4)13-19(23)21-9-11-22(12-10-21)28(24,25)18-14-16(26-5)7-8-17(18)27-6/h7-8,13-14H,9-12H2,1-6H3/b15-13+. The molecular formula is C20H30N2O5S. The molecule has 1 aliphatic heterocycles. The molecule has 0 spiro atoms. The number of ether oxygens (including phenoxy) is 2. The lowest BCUT2D eigenvalue weighted by Crippen LogP contribution is -2.50. The summed E-state index contributed by atoms with van der Waals surface area (Å²) in [6, 6.07) is 4.69. The summed E-state index contributed by atoms with van der Waals surface area (Å²) in [5.74, 6) is 0.627. The molecule has 0 saturated carbocycles. The van der Waals surface area contributed by atoms with Crippen LogP contribution in [0.1, 0.15) is 27.7 Å².